The van der Waals surface area contributed by atoms with Gasteiger partial charge in [-0.25, -0.2) is 4.79 Å². The van der Waals surface area contributed by atoms with Gasteiger partial charge in [0.05, 0.1) is 5.41 Å². The quantitative estimate of drug-likeness (QED) is 0.778. The molecule has 0 radical (unpaired) electrons. The Labute approximate surface area is 107 Å². The summed E-state index contributed by atoms with van der Waals surface area (Å²) in [6, 6.07) is -0.505. The van der Waals surface area contributed by atoms with Crippen molar-refractivity contribution < 1.29 is 19.5 Å². The summed E-state index contributed by atoms with van der Waals surface area (Å²) < 4.78 is 0. The molecule has 2 N–H and O–H groups in total. The summed E-state index contributed by atoms with van der Waals surface area (Å²) in [7, 11) is 1.59. The number of carboxylic acid groups (broad SMARTS) is 1. The Morgan fingerprint density at radius 2 is 1.78 bits per heavy atom. The van der Waals surface area contributed by atoms with Crippen molar-refractivity contribution in [1.29, 1.82) is 0 Å². The third-order valence-electron chi connectivity index (χ3n) is 2.41. The molecule has 0 bridgehead atoms. The first kappa shape index (κ1) is 16.4. The number of rotatable bonds is 5. The van der Waals surface area contributed by atoms with E-state index in [1.165, 1.54) is 18.7 Å². The van der Waals surface area contributed by atoms with Crippen LogP contribution in [0, 0.1) is 11.3 Å². The highest BCUT2D eigenvalue weighted by Crippen LogP contribution is 2.19. The van der Waals surface area contributed by atoms with Crippen LogP contribution in [0.25, 0.3) is 0 Å². The van der Waals surface area contributed by atoms with E-state index in [0.717, 1.165) is 0 Å². The van der Waals surface area contributed by atoms with Gasteiger partial charge in [0.1, 0.15) is 0 Å². The average Bonchev–Trinajstić information content (AvgIpc) is 2.14. The molecule has 0 spiro atoms. The smallest absolute Gasteiger partial charge is 0.323 e. The molecular formula is C12H22N2O4. The lowest BCUT2D eigenvalue weighted by Gasteiger charge is -2.21. The molecule has 0 saturated carbocycles. The van der Waals surface area contributed by atoms with E-state index in [9.17, 15) is 14.4 Å². The number of carboxylic acids is 1. The zero-order valence-electron chi connectivity index (χ0n) is 11.6. The van der Waals surface area contributed by atoms with Crippen LogP contribution in [-0.2, 0) is 9.59 Å². The molecule has 0 aromatic heterocycles. The van der Waals surface area contributed by atoms with Gasteiger partial charge in [-0.3, -0.25) is 14.9 Å². The molecule has 0 aliphatic carbocycles. The fraction of sp³-hybridized carbons (Fsp3) is 0.750. The second-order valence-corrected chi connectivity index (χ2v) is 5.49. The molecule has 6 nitrogen and oxygen atoms in total. The van der Waals surface area contributed by atoms with E-state index in [2.05, 4.69) is 5.32 Å². The van der Waals surface area contributed by atoms with Crippen LogP contribution in [0.3, 0.4) is 0 Å². The number of carbonyl (C=O) groups is 3. The van der Waals surface area contributed by atoms with E-state index >= 15 is 0 Å². The van der Waals surface area contributed by atoms with Crippen molar-refractivity contribution >= 4 is 17.9 Å². The SMILES string of the molecule is CC(C)CN(C)C(=O)NC(=O)CC(C)(C)C(=O)O. The van der Waals surface area contributed by atoms with Gasteiger partial charge < -0.3 is 10.0 Å². The highest BCUT2D eigenvalue weighted by molar-refractivity contribution is 5.96. The summed E-state index contributed by atoms with van der Waals surface area (Å²) in [4.78, 5) is 35.4. The second-order valence-electron chi connectivity index (χ2n) is 5.49. The highest BCUT2D eigenvalue weighted by atomic mass is 16.4. The Morgan fingerprint density at radius 3 is 2.17 bits per heavy atom. The summed E-state index contributed by atoms with van der Waals surface area (Å²) >= 11 is 0. The van der Waals surface area contributed by atoms with Gasteiger partial charge in [0, 0.05) is 20.0 Å². The third kappa shape index (κ3) is 5.65. The van der Waals surface area contributed by atoms with Gasteiger partial charge in [-0.1, -0.05) is 13.8 Å². The van der Waals surface area contributed by atoms with Crippen molar-refractivity contribution in [1.82, 2.24) is 10.2 Å². The number of carbonyl (C=O) groups excluding carboxylic acids is 2. The molecule has 18 heavy (non-hydrogen) atoms. The molecular weight excluding hydrogens is 236 g/mol. The highest BCUT2D eigenvalue weighted by Gasteiger charge is 2.31. The standard InChI is InChI=1S/C12H22N2O4/c1-8(2)7-14(5)11(18)13-9(15)6-12(3,4)10(16)17/h8H,6-7H2,1-5H3,(H,16,17)(H,13,15,18). The van der Waals surface area contributed by atoms with Crippen LogP contribution in [0.2, 0.25) is 0 Å². The molecule has 0 fully saturated rings. The summed E-state index contributed by atoms with van der Waals surface area (Å²) in [5.41, 5.74) is -1.18. The third-order valence-corrected chi connectivity index (χ3v) is 2.41. The maximum absolute atomic E-state index is 11.6. The Hall–Kier alpha value is -1.59. The normalized spacial score (nSPS) is 11.2. The van der Waals surface area contributed by atoms with Gasteiger partial charge in [-0.15, -0.1) is 0 Å². The van der Waals surface area contributed by atoms with Gasteiger partial charge in [0.15, 0.2) is 0 Å². The monoisotopic (exact) mass is 258 g/mol. The first-order valence-corrected chi connectivity index (χ1v) is 5.84. The summed E-state index contributed by atoms with van der Waals surface area (Å²) in [5, 5.41) is 11.1. The minimum absolute atomic E-state index is 0.233. The number of hydrogen-bond donors (Lipinski definition) is 2. The molecule has 0 aromatic carbocycles. The van der Waals surface area contributed by atoms with E-state index < -0.39 is 23.3 Å². The topological polar surface area (TPSA) is 86.7 Å². The van der Waals surface area contributed by atoms with Gasteiger partial charge in [-0.05, 0) is 19.8 Å². The first-order chi connectivity index (χ1) is 8.06. The number of urea groups is 1. The Bertz CT molecular complexity index is 337. The summed E-state index contributed by atoms with van der Waals surface area (Å²) in [6.45, 7) is 7.33. The molecule has 6 heteroatoms. The number of aliphatic carboxylic acids is 1. The van der Waals surface area contributed by atoms with Gasteiger partial charge in [0.25, 0.3) is 0 Å². The van der Waals surface area contributed by atoms with E-state index in [-0.39, 0.29) is 6.42 Å². The molecule has 104 valence electrons. The fourth-order valence-electron chi connectivity index (χ4n) is 1.37. The maximum atomic E-state index is 11.6. The number of hydrogen-bond acceptors (Lipinski definition) is 3. The lowest BCUT2D eigenvalue weighted by atomic mass is 9.89. The summed E-state index contributed by atoms with van der Waals surface area (Å²) in [6.07, 6.45) is -0.233. The molecule has 0 saturated heterocycles. The van der Waals surface area contributed by atoms with Crippen molar-refractivity contribution in [3.8, 4) is 0 Å². The zero-order valence-corrected chi connectivity index (χ0v) is 11.6. The Morgan fingerprint density at radius 1 is 1.28 bits per heavy atom. The fourth-order valence-corrected chi connectivity index (χ4v) is 1.37. The number of imide groups is 1. The van der Waals surface area contributed by atoms with Crippen molar-refractivity contribution in [2.75, 3.05) is 13.6 Å². The van der Waals surface area contributed by atoms with Gasteiger partial charge >= 0.3 is 12.0 Å². The van der Waals surface area contributed by atoms with Crippen LogP contribution in [0.1, 0.15) is 34.1 Å². The lowest BCUT2D eigenvalue weighted by Crippen LogP contribution is -2.44. The molecule has 0 heterocycles. The number of nitrogens with zero attached hydrogens (tertiary/aromatic N) is 1. The Kier molecular flexibility index (Phi) is 5.81. The van der Waals surface area contributed by atoms with E-state index in [0.29, 0.717) is 12.5 Å². The van der Waals surface area contributed by atoms with Gasteiger partial charge in [-0.2, -0.15) is 0 Å². The molecule has 3 amide bonds. The molecule has 0 atom stereocenters. The number of nitrogens with one attached hydrogen (secondary N) is 1. The predicted octanol–water partition coefficient (Wildman–Crippen LogP) is 1.31. The Balaban J connectivity index is 4.33. The molecule has 0 rings (SSSR count). The first-order valence-electron chi connectivity index (χ1n) is 5.84. The van der Waals surface area contributed by atoms with Crippen LogP contribution in [0.5, 0.6) is 0 Å². The molecule has 0 aliphatic heterocycles. The van der Waals surface area contributed by atoms with Crippen LogP contribution < -0.4 is 5.32 Å². The molecule has 0 aromatic rings. The second kappa shape index (κ2) is 6.37. The van der Waals surface area contributed by atoms with Crippen molar-refractivity contribution in [2.24, 2.45) is 11.3 Å². The minimum atomic E-state index is -1.18. The van der Waals surface area contributed by atoms with Crippen molar-refractivity contribution in [3.05, 3.63) is 0 Å². The van der Waals surface area contributed by atoms with E-state index in [1.54, 1.807) is 7.05 Å². The van der Waals surface area contributed by atoms with E-state index in [1.807, 2.05) is 13.8 Å². The van der Waals surface area contributed by atoms with Crippen LogP contribution in [0.4, 0.5) is 4.79 Å². The largest absolute Gasteiger partial charge is 0.481 e. The van der Waals surface area contributed by atoms with Crippen LogP contribution in [0.15, 0.2) is 0 Å². The average molecular weight is 258 g/mol. The molecule has 0 aliphatic rings. The lowest BCUT2D eigenvalue weighted by molar-refractivity contribution is -0.149. The van der Waals surface area contributed by atoms with Crippen molar-refractivity contribution in [3.63, 3.8) is 0 Å². The molecule has 0 unspecified atom stereocenters. The van der Waals surface area contributed by atoms with Crippen LogP contribution in [-0.4, -0.2) is 41.5 Å². The van der Waals surface area contributed by atoms with Crippen molar-refractivity contribution in [2.45, 2.75) is 34.1 Å². The van der Waals surface area contributed by atoms with Crippen LogP contribution >= 0.6 is 0 Å². The zero-order chi connectivity index (χ0) is 14.5. The minimum Gasteiger partial charge on any atom is -0.481 e. The summed E-state index contributed by atoms with van der Waals surface area (Å²) in [5.74, 6) is -1.35. The number of amides is 3. The van der Waals surface area contributed by atoms with E-state index in [4.69, 9.17) is 5.11 Å². The van der Waals surface area contributed by atoms with Gasteiger partial charge in [0.2, 0.25) is 5.91 Å². The maximum Gasteiger partial charge on any atom is 0.323 e. The predicted molar refractivity (Wildman–Crippen MR) is 67.0 cm³/mol.